The molecular weight excluding hydrogens is 278 g/mol. The second-order valence-electron chi connectivity index (χ2n) is 5.22. The summed E-state index contributed by atoms with van der Waals surface area (Å²) in [4.78, 5) is 25.5. The minimum Gasteiger partial charge on any atom is -0.376 e. The molecule has 0 fully saturated rings. The molecule has 0 aliphatic rings. The molecule has 0 aliphatic carbocycles. The standard InChI is InChI=1S/C17H27N3O2/c1-4-10-20(11-5-2)17(22)13-18-14-8-7-9-15(12-14)19-16(21)6-3/h7-9,12,18H,4-6,10-11,13H2,1-3H3,(H,19,21). The third kappa shape index (κ3) is 6.16. The van der Waals surface area contributed by atoms with Crippen LogP contribution in [-0.2, 0) is 9.59 Å². The van der Waals surface area contributed by atoms with E-state index in [1.54, 1.807) is 0 Å². The first-order valence-corrected chi connectivity index (χ1v) is 8.02. The van der Waals surface area contributed by atoms with Crippen LogP contribution in [0, 0.1) is 0 Å². The summed E-state index contributed by atoms with van der Waals surface area (Å²) < 4.78 is 0. The summed E-state index contributed by atoms with van der Waals surface area (Å²) in [5, 5.41) is 5.94. The summed E-state index contributed by atoms with van der Waals surface area (Å²) in [6.07, 6.45) is 2.37. The van der Waals surface area contributed by atoms with Crippen molar-refractivity contribution in [1.82, 2.24) is 4.90 Å². The molecule has 5 heteroatoms. The Hall–Kier alpha value is -2.04. The SMILES string of the molecule is CCCN(CCC)C(=O)CNc1cccc(NC(=O)CC)c1. The van der Waals surface area contributed by atoms with Crippen molar-refractivity contribution < 1.29 is 9.59 Å². The molecule has 2 N–H and O–H groups in total. The van der Waals surface area contributed by atoms with Gasteiger partial charge in [-0.3, -0.25) is 9.59 Å². The maximum atomic E-state index is 12.2. The van der Waals surface area contributed by atoms with Crippen LogP contribution in [0.2, 0.25) is 0 Å². The normalized spacial score (nSPS) is 10.1. The predicted octanol–water partition coefficient (Wildman–Crippen LogP) is 3.10. The molecule has 0 aromatic heterocycles. The zero-order valence-electron chi connectivity index (χ0n) is 13.8. The highest BCUT2D eigenvalue weighted by atomic mass is 16.2. The van der Waals surface area contributed by atoms with Gasteiger partial charge in [-0.15, -0.1) is 0 Å². The molecule has 0 spiro atoms. The quantitative estimate of drug-likeness (QED) is 0.737. The molecule has 0 bridgehead atoms. The summed E-state index contributed by atoms with van der Waals surface area (Å²) in [6, 6.07) is 7.42. The van der Waals surface area contributed by atoms with Gasteiger partial charge >= 0.3 is 0 Å². The Morgan fingerprint density at radius 2 is 1.68 bits per heavy atom. The number of carbonyl (C=O) groups is 2. The van der Waals surface area contributed by atoms with E-state index in [-0.39, 0.29) is 18.4 Å². The Kier molecular flexibility index (Phi) is 8.04. The van der Waals surface area contributed by atoms with Crippen LogP contribution in [0.1, 0.15) is 40.0 Å². The van der Waals surface area contributed by atoms with Crippen LogP contribution in [0.5, 0.6) is 0 Å². The minimum absolute atomic E-state index is 0.0229. The average molecular weight is 305 g/mol. The molecule has 1 aromatic rings. The second-order valence-corrected chi connectivity index (χ2v) is 5.22. The lowest BCUT2D eigenvalue weighted by atomic mass is 10.2. The Labute approximate surface area is 133 Å². The molecular formula is C17H27N3O2. The fourth-order valence-electron chi connectivity index (χ4n) is 2.15. The van der Waals surface area contributed by atoms with Crippen LogP contribution >= 0.6 is 0 Å². The summed E-state index contributed by atoms with van der Waals surface area (Å²) in [7, 11) is 0. The molecule has 1 rings (SSSR count). The first-order chi connectivity index (χ1) is 10.6. The lowest BCUT2D eigenvalue weighted by molar-refractivity contribution is -0.129. The number of hydrogen-bond acceptors (Lipinski definition) is 3. The molecule has 2 amide bonds. The van der Waals surface area contributed by atoms with E-state index in [2.05, 4.69) is 24.5 Å². The molecule has 0 saturated heterocycles. The van der Waals surface area contributed by atoms with Crippen LogP contribution in [-0.4, -0.2) is 36.3 Å². The number of carbonyl (C=O) groups excluding carboxylic acids is 2. The molecule has 122 valence electrons. The third-order valence-electron chi connectivity index (χ3n) is 3.25. The molecule has 0 heterocycles. The number of rotatable bonds is 9. The van der Waals surface area contributed by atoms with Crippen molar-refractivity contribution in [2.75, 3.05) is 30.3 Å². The molecule has 0 radical (unpaired) electrons. The van der Waals surface area contributed by atoms with Crippen molar-refractivity contribution in [3.8, 4) is 0 Å². The zero-order chi connectivity index (χ0) is 16.4. The number of hydrogen-bond donors (Lipinski definition) is 2. The molecule has 0 unspecified atom stereocenters. The van der Waals surface area contributed by atoms with Gasteiger partial charge in [0.2, 0.25) is 11.8 Å². The lowest BCUT2D eigenvalue weighted by Crippen LogP contribution is -2.36. The van der Waals surface area contributed by atoms with Gasteiger partial charge in [0.1, 0.15) is 0 Å². The molecule has 0 saturated carbocycles. The van der Waals surface area contributed by atoms with Gasteiger partial charge in [0, 0.05) is 30.9 Å². The summed E-state index contributed by atoms with van der Waals surface area (Å²) in [5.74, 6) is 0.0805. The van der Waals surface area contributed by atoms with E-state index in [0.717, 1.165) is 37.3 Å². The third-order valence-corrected chi connectivity index (χ3v) is 3.25. The Balaban J connectivity index is 2.57. The van der Waals surface area contributed by atoms with Crippen molar-refractivity contribution in [3.05, 3.63) is 24.3 Å². The Bertz CT molecular complexity index is 483. The van der Waals surface area contributed by atoms with Gasteiger partial charge in [-0.1, -0.05) is 26.8 Å². The van der Waals surface area contributed by atoms with E-state index >= 15 is 0 Å². The van der Waals surface area contributed by atoms with Crippen molar-refractivity contribution in [2.45, 2.75) is 40.0 Å². The highest BCUT2D eigenvalue weighted by Crippen LogP contribution is 2.15. The zero-order valence-corrected chi connectivity index (χ0v) is 13.8. The van der Waals surface area contributed by atoms with Crippen molar-refractivity contribution in [2.24, 2.45) is 0 Å². The largest absolute Gasteiger partial charge is 0.376 e. The van der Waals surface area contributed by atoms with Gasteiger partial charge in [0.05, 0.1) is 6.54 Å². The monoisotopic (exact) mass is 305 g/mol. The molecule has 0 aliphatic heterocycles. The Morgan fingerprint density at radius 1 is 1.05 bits per heavy atom. The topological polar surface area (TPSA) is 61.4 Å². The highest BCUT2D eigenvalue weighted by molar-refractivity contribution is 5.91. The lowest BCUT2D eigenvalue weighted by Gasteiger charge is -2.22. The highest BCUT2D eigenvalue weighted by Gasteiger charge is 2.11. The number of nitrogens with one attached hydrogen (secondary N) is 2. The van der Waals surface area contributed by atoms with Crippen molar-refractivity contribution >= 4 is 23.2 Å². The number of anilines is 2. The fourth-order valence-corrected chi connectivity index (χ4v) is 2.15. The van der Waals surface area contributed by atoms with E-state index in [1.807, 2.05) is 36.1 Å². The molecule has 5 nitrogen and oxygen atoms in total. The number of nitrogens with zero attached hydrogens (tertiary/aromatic N) is 1. The molecule has 22 heavy (non-hydrogen) atoms. The van der Waals surface area contributed by atoms with Crippen LogP contribution in [0.15, 0.2) is 24.3 Å². The van der Waals surface area contributed by atoms with E-state index in [4.69, 9.17) is 0 Å². The van der Waals surface area contributed by atoms with E-state index in [1.165, 1.54) is 0 Å². The van der Waals surface area contributed by atoms with Gasteiger partial charge in [-0.2, -0.15) is 0 Å². The molecule has 0 atom stereocenters. The van der Waals surface area contributed by atoms with Crippen LogP contribution in [0.4, 0.5) is 11.4 Å². The summed E-state index contributed by atoms with van der Waals surface area (Å²) in [6.45, 7) is 7.81. The second kappa shape index (κ2) is 9.82. The van der Waals surface area contributed by atoms with E-state index < -0.39 is 0 Å². The van der Waals surface area contributed by atoms with Crippen LogP contribution < -0.4 is 10.6 Å². The summed E-state index contributed by atoms with van der Waals surface area (Å²) >= 11 is 0. The van der Waals surface area contributed by atoms with Gasteiger partial charge in [0.25, 0.3) is 0 Å². The van der Waals surface area contributed by atoms with Crippen molar-refractivity contribution in [3.63, 3.8) is 0 Å². The van der Waals surface area contributed by atoms with Crippen LogP contribution in [0.25, 0.3) is 0 Å². The smallest absolute Gasteiger partial charge is 0.241 e. The number of benzene rings is 1. The van der Waals surface area contributed by atoms with Crippen molar-refractivity contribution in [1.29, 1.82) is 0 Å². The number of amides is 2. The van der Waals surface area contributed by atoms with E-state index in [0.29, 0.717) is 6.42 Å². The fraction of sp³-hybridized carbons (Fsp3) is 0.529. The molecule has 1 aromatic carbocycles. The van der Waals surface area contributed by atoms with Gasteiger partial charge in [0.15, 0.2) is 0 Å². The maximum absolute atomic E-state index is 12.2. The first-order valence-electron chi connectivity index (χ1n) is 8.02. The minimum atomic E-state index is -0.0229. The Morgan fingerprint density at radius 3 is 2.27 bits per heavy atom. The summed E-state index contributed by atoms with van der Waals surface area (Å²) in [5.41, 5.74) is 1.57. The average Bonchev–Trinajstić information content (AvgIpc) is 2.52. The van der Waals surface area contributed by atoms with Gasteiger partial charge in [-0.05, 0) is 31.0 Å². The van der Waals surface area contributed by atoms with Gasteiger partial charge in [-0.25, -0.2) is 0 Å². The van der Waals surface area contributed by atoms with Gasteiger partial charge < -0.3 is 15.5 Å². The first kappa shape index (κ1) is 18.0. The maximum Gasteiger partial charge on any atom is 0.241 e. The predicted molar refractivity (Wildman–Crippen MR) is 91.0 cm³/mol. The van der Waals surface area contributed by atoms with E-state index in [9.17, 15) is 9.59 Å². The van der Waals surface area contributed by atoms with Crippen LogP contribution in [0.3, 0.4) is 0 Å².